The zero-order chi connectivity index (χ0) is 8.97. The first kappa shape index (κ1) is 15.8. The molecule has 72 valence electrons. The Hall–Kier alpha value is -0.680. The number of carboxylic acids is 1. The van der Waals surface area contributed by atoms with Gasteiger partial charge in [0.15, 0.2) is 0 Å². The second-order valence-electron chi connectivity index (χ2n) is 2.39. The van der Waals surface area contributed by atoms with Gasteiger partial charge in [-0.15, -0.1) is 0 Å². The summed E-state index contributed by atoms with van der Waals surface area (Å²) in [5.74, 6) is -2.15. The molecule has 0 radical (unpaired) electrons. The van der Waals surface area contributed by atoms with E-state index in [9.17, 15) is 9.59 Å². The summed E-state index contributed by atoms with van der Waals surface area (Å²) in [5, 5.41) is 8.29. The number of ketones is 1. The number of aliphatic carboxylic acids is 1. The van der Waals surface area contributed by atoms with Crippen LogP contribution in [0.1, 0.15) is 5.56 Å². The predicted molar refractivity (Wildman–Crippen MR) is 53.6 cm³/mol. The van der Waals surface area contributed by atoms with E-state index in [0.29, 0.717) is 0 Å². The van der Waals surface area contributed by atoms with Gasteiger partial charge in [0.1, 0.15) is 0 Å². The van der Waals surface area contributed by atoms with Crippen LogP contribution in [0.15, 0.2) is 30.3 Å². The Bertz CT molecular complexity index is 297. The Morgan fingerprint density at radius 1 is 1.14 bits per heavy atom. The summed E-state index contributed by atoms with van der Waals surface area (Å²) in [5.41, 5.74) is 0.727. The van der Waals surface area contributed by atoms with Crippen LogP contribution < -0.4 is 0 Å². The Labute approximate surface area is 104 Å². The molecule has 0 aliphatic heterocycles. The van der Waals surface area contributed by atoms with E-state index in [2.05, 4.69) is 0 Å². The average Bonchev–Trinajstić information content (AvgIpc) is 2.06. The van der Waals surface area contributed by atoms with E-state index in [1.165, 1.54) is 0 Å². The van der Waals surface area contributed by atoms with Crippen LogP contribution in [-0.4, -0.2) is 51.9 Å². The molecule has 4 nitrogen and oxygen atoms in total. The predicted octanol–water partition coefficient (Wildman–Crippen LogP) is -0.590. The van der Waals surface area contributed by atoms with E-state index in [0.717, 1.165) is 5.56 Å². The van der Waals surface area contributed by atoms with E-state index in [1.54, 1.807) is 24.3 Å². The number of benzene rings is 1. The molecule has 0 saturated carbocycles. The molecule has 0 aliphatic carbocycles. The molecular weight excluding hydrogens is 195 g/mol. The summed E-state index contributed by atoms with van der Waals surface area (Å²) >= 11 is 0. The molecule has 0 aliphatic rings. The third-order valence-electron chi connectivity index (χ3n) is 1.45. The average molecular weight is 206 g/mol. The van der Waals surface area contributed by atoms with Crippen molar-refractivity contribution in [3.05, 3.63) is 35.9 Å². The van der Waals surface area contributed by atoms with Crippen LogP contribution in [0.2, 0.25) is 0 Å². The summed E-state index contributed by atoms with van der Waals surface area (Å²) < 4.78 is 0. The van der Waals surface area contributed by atoms with E-state index in [-0.39, 0.29) is 41.5 Å². The monoisotopic (exact) mass is 206 g/mol. The fourth-order valence-electron chi connectivity index (χ4n) is 0.857. The van der Waals surface area contributed by atoms with Crippen molar-refractivity contribution in [2.45, 2.75) is 6.42 Å². The summed E-state index contributed by atoms with van der Waals surface area (Å²) in [6.45, 7) is 0. The van der Waals surface area contributed by atoms with Crippen LogP contribution in [0.25, 0.3) is 0 Å². The topological polar surface area (TPSA) is 85.9 Å². The molecule has 0 amide bonds. The molecule has 1 aromatic carbocycles. The summed E-state index contributed by atoms with van der Waals surface area (Å²) in [7, 11) is 0. The maximum absolute atomic E-state index is 10.7. The quantitative estimate of drug-likeness (QED) is 0.529. The van der Waals surface area contributed by atoms with Crippen molar-refractivity contribution in [1.29, 1.82) is 0 Å². The van der Waals surface area contributed by atoms with Crippen LogP contribution in [0.3, 0.4) is 0 Å². The van der Waals surface area contributed by atoms with Gasteiger partial charge in [0, 0.05) is 6.42 Å². The summed E-state index contributed by atoms with van der Waals surface area (Å²) in [6.07, 6.45) is -0.0316. The Morgan fingerprint density at radius 3 is 2.07 bits per heavy atom. The third-order valence-corrected chi connectivity index (χ3v) is 1.45. The van der Waals surface area contributed by atoms with Gasteiger partial charge in [-0.05, 0) is 5.56 Å². The van der Waals surface area contributed by atoms with Crippen molar-refractivity contribution >= 4 is 41.3 Å². The van der Waals surface area contributed by atoms with Gasteiger partial charge in [0.05, 0.1) is 0 Å². The number of carboxylic acid groups (broad SMARTS) is 1. The van der Waals surface area contributed by atoms with Crippen LogP contribution in [0.5, 0.6) is 0 Å². The van der Waals surface area contributed by atoms with Gasteiger partial charge < -0.3 is 10.6 Å². The Kier molecular flexibility index (Phi) is 8.68. The second kappa shape index (κ2) is 7.70. The van der Waals surface area contributed by atoms with Crippen LogP contribution in [-0.2, 0) is 16.0 Å². The number of Topliss-reactive ketones (excluding diaryl/α,β-unsaturated/α-hetero) is 1. The molecule has 3 N–H and O–H groups in total. The fourth-order valence-corrected chi connectivity index (χ4v) is 0.857. The van der Waals surface area contributed by atoms with E-state index in [1.807, 2.05) is 6.07 Å². The first-order valence-corrected chi connectivity index (χ1v) is 3.50. The van der Waals surface area contributed by atoms with Crippen molar-refractivity contribution in [2.24, 2.45) is 0 Å². The molecule has 0 spiro atoms. The first-order chi connectivity index (χ1) is 5.70. The number of carbonyl (C=O) groups is 2. The molecule has 0 saturated heterocycles. The SMILES string of the molecule is O.O=C(O)C(=O)Cc1ccccc1.[NaH]. The molecular formula is C9H11NaO4. The number of rotatable bonds is 3. The molecule has 1 rings (SSSR count). The van der Waals surface area contributed by atoms with Gasteiger partial charge in [-0.25, -0.2) is 4.79 Å². The minimum atomic E-state index is -1.38. The van der Waals surface area contributed by atoms with Crippen molar-refractivity contribution in [2.75, 3.05) is 0 Å². The second-order valence-corrected chi connectivity index (χ2v) is 2.39. The molecule has 0 unspecified atom stereocenters. The summed E-state index contributed by atoms with van der Waals surface area (Å²) in [4.78, 5) is 20.9. The van der Waals surface area contributed by atoms with Gasteiger partial charge in [0.25, 0.3) is 0 Å². The third kappa shape index (κ3) is 5.14. The van der Waals surface area contributed by atoms with Gasteiger partial charge in [-0.3, -0.25) is 4.79 Å². The van der Waals surface area contributed by atoms with Crippen LogP contribution in [0.4, 0.5) is 0 Å². The molecule has 0 heterocycles. The van der Waals surface area contributed by atoms with Crippen molar-refractivity contribution in [1.82, 2.24) is 0 Å². The Balaban J connectivity index is 0. The van der Waals surface area contributed by atoms with Crippen LogP contribution in [0, 0.1) is 0 Å². The van der Waals surface area contributed by atoms with E-state index in [4.69, 9.17) is 5.11 Å². The number of hydrogen-bond acceptors (Lipinski definition) is 2. The number of carbonyl (C=O) groups excluding carboxylic acids is 1. The Morgan fingerprint density at radius 2 is 1.64 bits per heavy atom. The van der Waals surface area contributed by atoms with Gasteiger partial charge in [-0.1, -0.05) is 30.3 Å². The first-order valence-electron chi connectivity index (χ1n) is 3.50. The molecule has 0 bridgehead atoms. The molecule has 5 heteroatoms. The summed E-state index contributed by atoms with van der Waals surface area (Å²) in [6, 6.07) is 8.80. The molecule has 0 atom stereocenters. The van der Waals surface area contributed by atoms with Crippen molar-refractivity contribution in [3.63, 3.8) is 0 Å². The van der Waals surface area contributed by atoms with Gasteiger partial charge >= 0.3 is 35.5 Å². The van der Waals surface area contributed by atoms with E-state index < -0.39 is 11.8 Å². The van der Waals surface area contributed by atoms with Gasteiger partial charge in [0.2, 0.25) is 5.78 Å². The number of hydrogen-bond donors (Lipinski definition) is 1. The van der Waals surface area contributed by atoms with Crippen molar-refractivity contribution < 1.29 is 20.2 Å². The molecule has 0 fully saturated rings. The standard InChI is InChI=1S/C9H8O3.Na.H2O.H/c10-8(9(11)12)6-7-4-2-1-3-5-7;;;/h1-5H,6H2,(H,11,12);;1H2;. The van der Waals surface area contributed by atoms with Crippen molar-refractivity contribution in [3.8, 4) is 0 Å². The van der Waals surface area contributed by atoms with Crippen LogP contribution >= 0.6 is 0 Å². The molecule has 0 aromatic heterocycles. The minimum absolute atomic E-state index is 0. The molecule has 1 aromatic rings. The van der Waals surface area contributed by atoms with E-state index >= 15 is 0 Å². The zero-order valence-corrected chi connectivity index (χ0v) is 6.86. The molecule has 14 heavy (non-hydrogen) atoms. The fraction of sp³-hybridized carbons (Fsp3) is 0.111. The zero-order valence-electron chi connectivity index (χ0n) is 6.86. The van der Waals surface area contributed by atoms with Gasteiger partial charge in [-0.2, -0.15) is 0 Å². The normalized spacial score (nSPS) is 8.00. The maximum atomic E-state index is 10.7.